The molecule has 0 saturated carbocycles. The number of nitrogens with one attached hydrogen (secondary N) is 1. The van der Waals surface area contributed by atoms with E-state index in [-0.39, 0.29) is 30.2 Å². The number of carbonyl (C=O) groups is 3. The second-order valence-corrected chi connectivity index (χ2v) is 5.26. The topological polar surface area (TPSA) is 124 Å². The van der Waals surface area contributed by atoms with Crippen molar-refractivity contribution in [3.05, 3.63) is 64.7 Å². The molecule has 0 unspecified atom stereocenters. The minimum Gasteiger partial charge on any atom is -0.507 e. The number of hydrogen-bond donors (Lipinski definition) is 4. The summed E-state index contributed by atoms with van der Waals surface area (Å²) in [6, 6.07) is 10.4. The fraction of sp³-hybridized carbons (Fsp3) is 0.105. The maximum absolute atomic E-state index is 11.8. The molecule has 0 fully saturated rings. The molecule has 0 heterocycles. The van der Waals surface area contributed by atoms with Gasteiger partial charge in [-0.15, -0.1) is 0 Å². The van der Waals surface area contributed by atoms with Gasteiger partial charge in [0.15, 0.2) is 0 Å². The second-order valence-electron chi connectivity index (χ2n) is 5.26. The van der Waals surface area contributed by atoms with Crippen LogP contribution < -0.4 is 5.32 Å². The van der Waals surface area contributed by atoms with Crippen LogP contribution in [0.2, 0.25) is 0 Å². The molecule has 0 aromatic heterocycles. The van der Waals surface area contributed by atoms with Crippen LogP contribution in [-0.4, -0.2) is 39.7 Å². The van der Waals surface area contributed by atoms with Gasteiger partial charge in [-0.05, 0) is 42.5 Å². The summed E-state index contributed by atoms with van der Waals surface area (Å²) in [5.41, 5.74) is 1.18. The Balaban J connectivity index is 2.07. The molecule has 0 spiro atoms. The molecule has 2 aromatic carbocycles. The Hall–Kier alpha value is -3.79. The van der Waals surface area contributed by atoms with Gasteiger partial charge in [0, 0.05) is 23.2 Å². The first-order valence-electron chi connectivity index (χ1n) is 7.55. The van der Waals surface area contributed by atoms with Crippen molar-refractivity contribution in [2.24, 2.45) is 0 Å². The molecule has 7 nitrogen and oxygen atoms in total. The zero-order chi connectivity index (χ0) is 19.1. The van der Waals surface area contributed by atoms with Gasteiger partial charge >= 0.3 is 11.9 Å². The zero-order valence-corrected chi connectivity index (χ0v) is 13.5. The van der Waals surface area contributed by atoms with Crippen LogP contribution in [0.15, 0.2) is 42.5 Å². The highest BCUT2D eigenvalue weighted by Gasteiger charge is 2.09. The summed E-state index contributed by atoms with van der Waals surface area (Å²) in [6.07, 6.45) is -0.153. The first-order valence-corrected chi connectivity index (χ1v) is 7.55. The molecule has 4 N–H and O–H groups in total. The Morgan fingerprint density at radius 2 is 1.54 bits per heavy atom. The van der Waals surface area contributed by atoms with Gasteiger partial charge in [-0.2, -0.15) is 0 Å². The summed E-state index contributed by atoms with van der Waals surface area (Å²) < 4.78 is 0. The number of benzene rings is 2. The van der Waals surface area contributed by atoms with Crippen LogP contribution in [0.1, 0.15) is 38.3 Å². The van der Waals surface area contributed by atoms with Gasteiger partial charge in [0.2, 0.25) is 0 Å². The summed E-state index contributed by atoms with van der Waals surface area (Å²) >= 11 is 0. The van der Waals surface area contributed by atoms with E-state index in [1.165, 1.54) is 18.2 Å². The molecular weight excluding hydrogens is 338 g/mol. The molecule has 0 atom stereocenters. The molecule has 0 aliphatic carbocycles. The van der Waals surface area contributed by atoms with Gasteiger partial charge in [0.25, 0.3) is 5.91 Å². The predicted octanol–water partition coefficient (Wildman–Crippen LogP) is 1.69. The van der Waals surface area contributed by atoms with Crippen molar-refractivity contribution in [2.45, 2.75) is 6.42 Å². The highest BCUT2D eigenvalue weighted by Crippen LogP contribution is 2.18. The van der Waals surface area contributed by atoms with Gasteiger partial charge in [-0.1, -0.05) is 11.8 Å². The van der Waals surface area contributed by atoms with Crippen molar-refractivity contribution >= 4 is 17.8 Å². The molecule has 26 heavy (non-hydrogen) atoms. The summed E-state index contributed by atoms with van der Waals surface area (Å²) in [7, 11) is 0. The van der Waals surface area contributed by atoms with Crippen LogP contribution in [0.5, 0.6) is 5.75 Å². The van der Waals surface area contributed by atoms with Crippen molar-refractivity contribution < 1.29 is 29.7 Å². The summed E-state index contributed by atoms with van der Waals surface area (Å²) in [4.78, 5) is 33.2. The van der Waals surface area contributed by atoms with Crippen molar-refractivity contribution in [3.8, 4) is 17.6 Å². The van der Waals surface area contributed by atoms with Crippen LogP contribution in [0.25, 0.3) is 0 Å². The van der Waals surface area contributed by atoms with E-state index in [1.807, 2.05) is 0 Å². The molecule has 2 rings (SSSR count). The molecule has 0 radical (unpaired) electrons. The lowest BCUT2D eigenvalue weighted by molar-refractivity contribution is -0.136. The van der Waals surface area contributed by atoms with Crippen LogP contribution in [0.4, 0.5) is 0 Å². The smallest absolute Gasteiger partial charge is 0.339 e. The lowest BCUT2D eigenvalue weighted by Crippen LogP contribution is -2.25. The first kappa shape index (κ1) is 18.5. The van der Waals surface area contributed by atoms with Crippen LogP contribution in [0.3, 0.4) is 0 Å². The average Bonchev–Trinajstić information content (AvgIpc) is 2.60. The summed E-state index contributed by atoms with van der Waals surface area (Å²) in [5.74, 6) is 2.68. The normalized spacial score (nSPS) is 9.69. The second kappa shape index (κ2) is 8.35. The number of carboxylic acids is 2. The van der Waals surface area contributed by atoms with Crippen LogP contribution in [0, 0.1) is 11.8 Å². The lowest BCUT2D eigenvalue weighted by atomic mass is 10.1. The van der Waals surface area contributed by atoms with E-state index >= 15 is 0 Å². The third-order valence-corrected chi connectivity index (χ3v) is 3.35. The Bertz CT molecular complexity index is 906. The van der Waals surface area contributed by atoms with Gasteiger partial charge < -0.3 is 20.6 Å². The van der Waals surface area contributed by atoms with Crippen LogP contribution in [-0.2, 0) is 4.79 Å². The predicted molar refractivity (Wildman–Crippen MR) is 92.1 cm³/mol. The minimum absolute atomic E-state index is 0.0441. The van der Waals surface area contributed by atoms with E-state index in [2.05, 4.69) is 17.2 Å². The SMILES string of the molecule is O=C(O)CCNC(=O)c1ccc(C#Cc2ccc(O)c(C(=O)O)c2)cc1. The van der Waals surface area contributed by atoms with Crippen molar-refractivity contribution in [2.75, 3.05) is 6.54 Å². The maximum atomic E-state index is 11.8. The van der Waals surface area contributed by atoms with Gasteiger partial charge in [0.1, 0.15) is 11.3 Å². The average molecular weight is 353 g/mol. The largest absolute Gasteiger partial charge is 0.507 e. The monoisotopic (exact) mass is 353 g/mol. The summed E-state index contributed by atoms with van der Waals surface area (Å²) in [6.45, 7) is 0.0441. The van der Waals surface area contributed by atoms with Crippen molar-refractivity contribution in [1.29, 1.82) is 0 Å². The number of carbonyl (C=O) groups excluding carboxylic acids is 1. The molecule has 7 heteroatoms. The van der Waals surface area contributed by atoms with Crippen molar-refractivity contribution in [3.63, 3.8) is 0 Å². The number of carboxylic acid groups (broad SMARTS) is 2. The number of phenols is 1. The quantitative estimate of drug-likeness (QED) is 0.607. The standard InChI is InChI=1S/C19H15NO6/c21-16-8-5-13(11-15(16)19(25)26)2-1-12-3-6-14(7-4-12)18(24)20-10-9-17(22)23/h3-8,11,21H,9-10H2,(H,20,24)(H,22,23)(H,25,26). The number of rotatable bonds is 5. The third-order valence-electron chi connectivity index (χ3n) is 3.35. The molecule has 0 aliphatic rings. The minimum atomic E-state index is -1.25. The van der Waals surface area contributed by atoms with Gasteiger partial charge in [0.05, 0.1) is 6.42 Å². The van der Waals surface area contributed by atoms with E-state index in [4.69, 9.17) is 10.2 Å². The van der Waals surface area contributed by atoms with E-state index in [9.17, 15) is 19.5 Å². The highest BCUT2D eigenvalue weighted by molar-refractivity contribution is 5.94. The van der Waals surface area contributed by atoms with E-state index in [0.29, 0.717) is 16.7 Å². The number of hydrogen-bond acceptors (Lipinski definition) is 4. The fourth-order valence-electron chi connectivity index (χ4n) is 2.02. The lowest BCUT2D eigenvalue weighted by Gasteiger charge is -2.03. The Labute approximate surface area is 148 Å². The number of aromatic hydroxyl groups is 1. The number of amides is 1. The Morgan fingerprint density at radius 3 is 2.15 bits per heavy atom. The molecule has 0 saturated heterocycles. The van der Waals surface area contributed by atoms with E-state index in [0.717, 1.165) is 0 Å². The van der Waals surface area contributed by atoms with E-state index in [1.54, 1.807) is 24.3 Å². The maximum Gasteiger partial charge on any atom is 0.339 e. The molecule has 0 aliphatic heterocycles. The van der Waals surface area contributed by atoms with E-state index < -0.39 is 11.9 Å². The molecule has 132 valence electrons. The third kappa shape index (κ3) is 5.11. The van der Waals surface area contributed by atoms with Crippen LogP contribution >= 0.6 is 0 Å². The van der Waals surface area contributed by atoms with Gasteiger partial charge in [-0.25, -0.2) is 4.79 Å². The number of aromatic carboxylic acids is 1. The Kier molecular flexibility index (Phi) is 5.96. The first-order chi connectivity index (χ1) is 12.4. The highest BCUT2D eigenvalue weighted by atomic mass is 16.4. The zero-order valence-electron chi connectivity index (χ0n) is 13.5. The fourth-order valence-corrected chi connectivity index (χ4v) is 2.02. The molecular formula is C19H15NO6. The van der Waals surface area contributed by atoms with Crippen molar-refractivity contribution in [1.82, 2.24) is 5.32 Å². The Morgan fingerprint density at radius 1 is 0.923 bits per heavy atom. The van der Waals surface area contributed by atoms with Gasteiger partial charge in [-0.3, -0.25) is 9.59 Å². The number of aliphatic carboxylic acids is 1. The molecule has 0 bridgehead atoms. The molecule has 2 aromatic rings. The summed E-state index contributed by atoms with van der Waals surface area (Å²) in [5, 5.41) is 29.5. The molecule has 1 amide bonds.